The molecule has 4 N–H and O–H groups in total. The largest absolute Gasteiger partial charge is 0.384 e. The average molecular weight is 421 g/mol. The van der Waals surface area contributed by atoms with Crippen LogP contribution in [0.2, 0.25) is 0 Å². The molecule has 1 atom stereocenters. The van der Waals surface area contributed by atoms with Gasteiger partial charge in [-0.15, -0.1) is 0 Å². The van der Waals surface area contributed by atoms with Gasteiger partial charge < -0.3 is 10.6 Å². The van der Waals surface area contributed by atoms with E-state index in [2.05, 4.69) is 30.3 Å². The second-order valence-corrected chi connectivity index (χ2v) is 9.37. The first kappa shape index (κ1) is 20.2. The van der Waals surface area contributed by atoms with Crippen molar-refractivity contribution < 1.29 is 8.42 Å². The molecule has 2 aromatic carbocycles. The molecule has 30 heavy (non-hydrogen) atoms. The van der Waals surface area contributed by atoms with Crippen LogP contribution >= 0.6 is 0 Å². The van der Waals surface area contributed by atoms with Crippen LogP contribution in [0.5, 0.6) is 0 Å². The van der Waals surface area contributed by atoms with E-state index in [0.29, 0.717) is 11.4 Å². The van der Waals surface area contributed by atoms with Crippen LogP contribution in [-0.2, 0) is 10.0 Å². The van der Waals surface area contributed by atoms with E-state index in [0.717, 1.165) is 42.6 Å². The second-order valence-electron chi connectivity index (χ2n) is 7.81. The van der Waals surface area contributed by atoms with Gasteiger partial charge in [0.1, 0.15) is 5.82 Å². The lowest BCUT2D eigenvalue weighted by Crippen LogP contribution is -2.36. The van der Waals surface area contributed by atoms with Gasteiger partial charge in [-0.25, -0.2) is 13.6 Å². The van der Waals surface area contributed by atoms with Crippen LogP contribution in [0.25, 0.3) is 0 Å². The topological polar surface area (TPSA) is 113 Å². The summed E-state index contributed by atoms with van der Waals surface area (Å²) in [6.07, 6.45) is 3.87. The van der Waals surface area contributed by atoms with Crippen LogP contribution in [0.1, 0.15) is 42.7 Å². The number of nitrogens with zero attached hydrogens (tertiary/aromatic N) is 2. The van der Waals surface area contributed by atoms with Gasteiger partial charge in [-0.1, -0.05) is 29.8 Å². The molecule has 0 radical (unpaired) electrons. The number of nitrogens with two attached hydrogens (primary N) is 2. The zero-order valence-corrected chi connectivity index (χ0v) is 17.6. The SMILES string of the molecule is Cc1ccc(C2C(C#N)=C(N)N(c3ccc(S(N)(=O)=O)cc3)C3=C2CCCC3)cc1. The van der Waals surface area contributed by atoms with Gasteiger partial charge in [0, 0.05) is 17.3 Å². The second kappa shape index (κ2) is 7.63. The van der Waals surface area contributed by atoms with E-state index >= 15 is 0 Å². The minimum atomic E-state index is -3.78. The summed E-state index contributed by atoms with van der Waals surface area (Å²) in [5.41, 5.74) is 12.4. The van der Waals surface area contributed by atoms with Crippen LogP contribution in [0.15, 0.2) is 76.1 Å². The van der Waals surface area contributed by atoms with Gasteiger partial charge in [-0.05, 0) is 68.0 Å². The molecule has 0 fully saturated rings. The lowest BCUT2D eigenvalue weighted by atomic mass is 9.76. The van der Waals surface area contributed by atoms with Crippen molar-refractivity contribution in [2.24, 2.45) is 10.9 Å². The van der Waals surface area contributed by atoms with Crippen LogP contribution in [0.3, 0.4) is 0 Å². The van der Waals surface area contributed by atoms with E-state index in [1.54, 1.807) is 12.1 Å². The Kier molecular flexibility index (Phi) is 5.14. The van der Waals surface area contributed by atoms with Gasteiger partial charge in [0.15, 0.2) is 0 Å². The fourth-order valence-electron chi connectivity index (χ4n) is 4.40. The van der Waals surface area contributed by atoms with E-state index in [1.807, 2.05) is 11.8 Å². The zero-order chi connectivity index (χ0) is 21.5. The maximum absolute atomic E-state index is 11.6. The quantitative estimate of drug-likeness (QED) is 0.785. The molecule has 154 valence electrons. The molecule has 4 rings (SSSR count). The van der Waals surface area contributed by atoms with Crippen molar-refractivity contribution in [1.82, 2.24) is 0 Å². The number of benzene rings is 2. The number of rotatable bonds is 3. The van der Waals surface area contributed by atoms with Crippen molar-refractivity contribution in [3.05, 3.63) is 82.3 Å². The Morgan fingerprint density at radius 3 is 2.27 bits per heavy atom. The Labute approximate surface area is 177 Å². The van der Waals surface area contributed by atoms with Crippen LogP contribution in [0, 0.1) is 18.3 Å². The third-order valence-electron chi connectivity index (χ3n) is 5.86. The molecule has 6 nitrogen and oxygen atoms in total. The highest BCUT2D eigenvalue weighted by Gasteiger charge is 2.36. The van der Waals surface area contributed by atoms with Crippen molar-refractivity contribution >= 4 is 15.7 Å². The summed E-state index contributed by atoms with van der Waals surface area (Å²) >= 11 is 0. The lowest BCUT2D eigenvalue weighted by Gasteiger charge is -2.40. The molecule has 0 bridgehead atoms. The minimum Gasteiger partial charge on any atom is -0.384 e. The summed E-state index contributed by atoms with van der Waals surface area (Å²) in [7, 11) is -3.78. The van der Waals surface area contributed by atoms with Gasteiger partial charge in [-0.3, -0.25) is 0 Å². The molecule has 7 heteroatoms. The number of sulfonamides is 1. The maximum atomic E-state index is 11.6. The molecule has 1 aliphatic carbocycles. The highest BCUT2D eigenvalue weighted by Crippen LogP contribution is 2.47. The highest BCUT2D eigenvalue weighted by atomic mass is 32.2. The lowest BCUT2D eigenvalue weighted by molar-refractivity contribution is 0.597. The summed E-state index contributed by atoms with van der Waals surface area (Å²) in [6, 6.07) is 16.9. The first-order chi connectivity index (χ1) is 14.3. The molecule has 0 saturated carbocycles. The van der Waals surface area contributed by atoms with Crippen molar-refractivity contribution in [1.29, 1.82) is 5.26 Å². The molecule has 1 aliphatic heterocycles. The van der Waals surface area contributed by atoms with E-state index in [-0.39, 0.29) is 10.8 Å². The number of aryl methyl sites for hydroxylation is 1. The molecule has 1 unspecified atom stereocenters. The van der Waals surface area contributed by atoms with Crippen LogP contribution in [0.4, 0.5) is 5.69 Å². The summed E-state index contributed by atoms with van der Waals surface area (Å²) in [4.78, 5) is 1.95. The minimum absolute atomic E-state index is 0.0432. The molecular formula is C23H24N4O2S. The van der Waals surface area contributed by atoms with E-state index in [1.165, 1.54) is 23.3 Å². The third kappa shape index (κ3) is 3.49. The van der Waals surface area contributed by atoms with Gasteiger partial charge >= 0.3 is 0 Å². The summed E-state index contributed by atoms with van der Waals surface area (Å²) in [5, 5.41) is 15.2. The van der Waals surface area contributed by atoms with Crippen molar-refractivity contribution in [3.63, 3.8) is 0 Å². The summed E-state index contributed by atoms with van der Waals surface area (Å²) < 4.78 is 23.2. The number of hydrogen-bond donors (Lipinski definition) is 2. The summed E-state index contributed by atoms with van der Waals surface area (Å²) in [6.45, 7) is 2.04. The van der Waals surface area contributed by atoms with E-state index in [4.69, 9.17) is 10.9 Å². The van der Waals surface area contributed by atoms with E-state index < -0.39 is 10.0 Å². The first-order valence-corrected chi connectivity index (χ1v) is 11.5. The Hall–Kier alpha value is -3.08. The van der Waals surface area contributed by atoms with Gasteiger partial charge in [0.25, 0.3) is 0 Å². The van der Waals surface area contributed by atoms with Gasteiger partial charge in [0.05, 0.1) is 16.5 Å². The maximum Gasteiger partial charge on any atom is 0.238 e. The molecular weight excluding hydrogens is 396 g/mol. The third-order valence-corrected chi connectivity index (χ3v) is 6.79. The molecule has 0 aromatic heterocycles. The van der Waals surface area contributed by atoms with Crippen molar-refractivity contribution in [2.45, 2.75) is 43.4 Å². The summed E-state index contributed by atoms with van der Waals surface area (Å²) in [5.74, 6) is 0.248. The predicted molar refractivity (Wildman–Crippen MR) is 117 cm³/mol. The molecule has 2 aliphatic rings. The number of anilines is 1. The number of nitriles is 1. The highest BCUT2D eigenvalue weighted by molar-refractivity contribution is 7.89. The molecule has 2 aromatic rings. The smallest absolute Gasteiger partial charge is 0.238 e. The van der Waals surface area contributed by atoms with Crippen molar-refractivity contribution in [2.75, 3.05) is 4.90 Å². The number of allylic oxidation sites excluding steroid dienone is 3. The Balaban J connectivity index is 1.87. The van der Waals surface area contributed by atoms with Gasteiger partial charge in [0.2, 0.25) is 10.0 Å². The Morgan fingerprint density at radius 2 is 1.67 bits per heavy atom. The standard InChI is InChI=1S/C23H24N4O2S/c1-15-6-8-16(9-7-15)22-19-4-2-3-5-21(19)27(23(25)20(22)14-24)17-10-12-18(13-11-17)30(26,28)29/h6-13,22H,2-5,25H2,1H3,(H2,26,28,29). The molecule has 0 saturated heterocycles. The van der Waals surface area contributed by atoms with Gasteiger partial charge in [-0.2, -0.15) is 5.26 Å². The zero-order valence-electron chi connectivity index (χ0n) is 16.8. The van der Waals surface area contributed by atoms with Crippen LogP contribution < -0.4 is 15.8 Å². The Bertz CT molecular complexity index is 1190. The fourth-order valence-corrected chi connectivity index (χ4v) is 4.91. The number of hydrogen-bond acceptors (Lipinski definition) is 5. The molecule has 0 spiro atoms. The monoisotopic (exact) mass is 420 g/mol. The number of primary sulfonamides is 1. The first-order valence-electron chi connectivity index (χ1n) is 9.92. The fraction of sp³-hybridized carbons (Fsp3) is 0.261. The molecule has 1 heterocycles. The average Bonchev–Trinajstić information content (AvgIpc) is 2.73. The normalized spacial score (nSPS) is 19.5. The van der Waals surface area contributed by atoms with Crippen molar-refractivity contribution in [3.8, 4) is 6.07 Å². The van der Waals surface area contributed by atoms with E-state index in [9.17, 15) is 13.7 Å². The van der Waals surface area contributed by atoms with Crippen LogP contribution in [-0.4, -0.2) is 8.42 Å². The predicted octanol–water partition coefficient (Wildman–Crippen LogP) is 3.77. The molecule has 0 amide bonds. The Morgan fingerprint density at radius 1 is 1.03 bits per heavy atom.